The second-order valence-corrected chi connectivity index (χ2v) is 4.25. The highest BCUT2D eigenvalue weighted by Gasteiger charge is 2.21. The van der Waals surface area contributed by atoms with Gasteiger partial charge in [-0.25, -0.2) is 0 Å². The van der Waals surface area contributed by atoms with Gasteiger partial charge in [-0.3, -0.25) is 4.99 Å². The molecule has 3 nitrogen and oxygen atoms in total. The van der Waals surface area contributed by atoms with Gasteiger partial charge in [0.2, 0.25) is 5.88 Å². The molecule has 0 amide bonds. The van der Waals surface area contributed by atoms with Gasteiger partial charge in [0.25, 0.3) is 0 Å². The lowest BCUT2D eigenvalue weighted by molar-refractivity contribution is 0.445. The molecule has 0 N–H and O–H groups in total. The number of benzene rings is 2. The van der Waals surface area contributed by atoms with E-state index in [2.05, 4.69) is 4.99 Å². The van der Waals surface area contributed by atoms with E-state index in [0.29, 0.717) is 0 Å². The van der Waals surface area contributed by atoms with Gasteiger partial charge in [0, 0.05) is 19.3 Å². The summed E-state index contributed by atoms with van der Waals surface area (Å²) in [5, 5.41) is 0. The normalized spacial score (nSPS) is 15.8. The van der Waals surface area contributed by atoms with E-state index in [4.69, 9.17) is 4.74 Å². The predicted molar refractivity (Wildman–Crippen MR) is 78.2 cm³/mol. The van der Waals surface area contributed by atoms with Crippen LogP contribution < -0.4 is 9.64 Å². The maximum Gasteiger partial charge on any atom is 0.201 e. The summed E-state index contributed by atoms with van der Waals surface area (Å²) >= 11 is 0. The van der Waals surface area contributed by atoms with Gasteiger partial charge in [-0.1, -0.05) is 30.3 Å². The zero-order chi connectivity index (χ0) is 13.1. The van der Waals surface area contributed by atoms with E-state index in [1.54, 1.807) is 6.21 Å². The molecule has 3 rings (SSSR count). The molecule has 2 aromatic rings. The van der Waals surface area contributed by atoms with Crippen LogP contribution >= 0.6 is 0 Å². The van der Waals surface area contributed by atoms with Crippen LogP contribution in [0, 0.1) is 0 Å². The molecule has 0 fully saturated rings. The first-order valence-electron chi connectivity index (χ1n) is 6.14. The first-order valence-corrected chi connectivity index (χ1v) is 6.14. The van der Waals surface area contributed by atoms with E-state index in [1.165, 1.54) is 0 Å². The van der Waals surface area contributed by atoms with Crippen molar-refractivity contribution in [3.8, 4) is 5.75 Å². The fourth-order valence-corrected chi connectivity index (χ4v) is 1.97. The number of hydrogen-bond acceptors (Lipinski definition) is 3. The fourth-order valence-electron chi connectivity index (χ4n) is 1.97. The second kappa shape index (κ2) is 4.98. The zero-order valence-electron chi connectivity index (χ0n) is 10.7. The SMILES string of the molecule is CN1/C(=C\C=Nc2ccccc2)Oc2ccccc21. The van der Waals surface area contributed by atoms with Crippen molar-refractivity contribution in [1.29, 1.82) is 0 Å². The van der Waals surface area contributed by atoms with Gasteiger partial charge in [0.15, 0.2) is 5.75 Å². The van der Waals surface area contributed by atoms with Crippen LogP contribution in [0.2, 0.25) is 0 Å². The van der Waals surface area contributed by atoms with Gasteiger partial charge in [0.1, 0.15) is 0 Å². The van der Waals surface area contributed by atoms with Crippen molar-refractivity contribution in [2.75, 3.05) is 11.9 Å². The summed E-state index contributed by atoms with van der Waals surface area (Å²) in [6.45, 7) is 0. The zero-order valence-corrected chi connectivity index (χ0v) is 10.7. The van der Waals surface area contributed by atoms with Gasteiger partial charge in [-0.2, -0.15) is 0 Å². The standard InChI is InChI=1S/C16H14N2O/c1-18-14-9-5-6-10-15(14)19-16(18)11-12-17-13-7-3-2-4-8-13/h2-12H,1H3/b16-11+,17-12?. The van der Waals surface area contributed by atoms with Crippen molar-refractivity contribution in [1.82, 2.24) is 0 Å². The maximum atomic E-state index is 5.75. The number of nitrogens with zero attached hydrogens (tertiary/aromatic N) is 2. The van der Waals surface area contributed by atoms with E-state index in [0.717, 1.165) is 23.0 Å². The first kappa shape index (κ1) is 11.5. The van der Waals surface area contributed by atoms with Crippen LogP contribution in [0.3, 0.4) is 0 Å². The molecule has 0 radical (unpaired) electrons. The molecule has 94 valence electrons. The number of allylic oxidation sites excluding steroid dienone is 1. The Morgan fingerprint density at radius 1 is 1.00 bits per heavy atom. The maximum absolute atomic E-state index is 5.75. The Balaban J connectivity index is 1.78. The molecule has 2 aromatic carbocycles. The third-order valence-corrected chi connectivity index (χ3v) is 2.97. The first-order chi connectivity index (χ1) is 9.34. The van der Waals surface area contributed by atoms with Crippen LogP contribution in [0.1, 0.15) is 0 Å². The topological polar surface area (TPSA) is 24.8 Å². The molecule has 0 saturated carbocycles. The molecular formula is C16H14N2O. The molecule has 1 aliphatic rings. The van der Waals surface area contributed by atoms with Crippen molar-refractivity contribution in [3.05, 3.63) is 66.6 Å². The summed E-state index contributed by atoms with van der Waals surface area (Å²) < 4.78 is 5.75. The Morgan fingerprint density at radius 3 is 2.53 bits per heavy atom. The van der Waals surface area contributed by atoms with Crippen LogP contribution in [0.15, 0.2) is 71.5 Å². The van der Waals surface area contributed by atoms with Gasteiger partial charge in [-0.15, -0.1) is 0 Å². The minimum atomic E-state index is 0.779. The third kappa shape index (κ3) is 2.36. The monoisotopic (exact) mass is 250 g/mol. The lowest BCUT2D eigenvalue weighted by Crippen LogP contribution is -2.13. The minimum absolute atomic E-state index is 0.779. The molecular weight excluding hydrogens is 236 g/mol. The Kier molecular flexibility index (Phi) is 3.02. The summed E-state index contributed by atoms with van der Waals surface area (Å²) in [5.41, 5.74) is 2.00. The average molecular weight is 250 g/mol. The highest BCUT2D eigenvalue weighted by Crippen LogP contribution is 2.36. The van der Waals surface area contributed by atoms with Gasteiger partial charge in [-0.05, 0) is 24.3 Å². The van der Waals surface area contributed by atoms with Crippen molar-refractivity contribution in [2.45, 2.75) is 0 Å². The summed E-state index contributed by atoms with van der Waals surface area (Å²) in [6, 6.07) is 17.8. The summed E-state index contributed by atoms with van der Waals surface area (Å²) in [4.78, 5) is 6.37. The Morgan fingerprint density at radius 2 is 1.74 bits per heavy atom. The average Bonchev–Trinajstić information content (AvgIpc) is 2.78. The molecule has 0 aliphatic carbocycles. The summed E-state index contributed by atoms with van der Waals surface area (Å²) in [6.07, 6.45) is 3.63. The van der Waals surface area contributed by atoms with Gasteiger partial charge < -0.3 is 9.64 Å². The van der Waals surface area contributed by atoms with Crippen molar-refractivity contribution >= 4 is 17.6 Å². The molecule has 0 aromatic heterocycles. The summed E-state index contributed by atoms with van der Waals surface area (Å²) in [7, 11) is 1.98. The largest absolute Gasteiger partial charge is 0.439 e. The van der Waals surface area contributed by atoms with Crippen LogP contribution in [0.5, 0.6) is 5.75 Å². The number of rotatable bonds is 2. The molecule has 19 heavy (non-hydrogen) atoms. The number of para-hydroxylation sites is 3. The molecule has 3 heteroatoms. The lowest BCUT2D eigenvalue weighted by atomic mass is 10.3. The number of fused-ring (bicyclic) bond motifs is 1. The van der Waals surface area contributed by atoms with Crippen molar-refractivity contribution in [3.63, 3.8) is 0 Å². The fraction of sp³-hybridized carbons (Fsp3) is 0.0625. The molecule has 0 saturated heterocycles. The lowest BCUT2D eigenvalue weighted by Gasteiger charge is -2.09. The van der Waals surface area contributed by atoms with Crippen molar-refractivity contribution in [2.24, 2.45) is 4.99 Å². The second-order valence-electron chi connectivity index (χ2n) is 4.25. The highest BCUT2D eigenvalue weighted by atomic mass is 16.5. The molecule has 1 heterocycles. The van der Waals surface area contributed by atoms with E-state index < -0.39 is 0 Å². The van der Waals surface area contributed by atoms with Gasteiger partial charge >= 0.3 is 0 Å². The smallest absolute Gasteiger partial charge is 0.201 e. The van der Waals surface area contributed by atoms with E-state index in [-0.39, 0.29) is 0 Å². The molecule has 0 bridgehead atoms. The summed E-state index contributed by atoms with van der Waals surface area (Å²) in [5.74, 6) is 1.66. The third-order valence-electron chi connectivity index (χ3n) is 2.97. The van der Waals surface area contributed by atoms with E-state index in [9.17, 15) is 0 Å². The Labute approximate surface area is 112 Å². The molecule has 0 unspecified atom stereocenters. The van der Waals surface area contributed by atoms with Crippen LogP contribution in [0.25, 0.3) is 0 Å². The number of hydrogen-bond donors (Lipinski definition) is 0. The van der Waals surface area contributed by atoms with E-state index >= 15 is 0 Å². The molecule has 0 atom stereocenters. The Bertz CT molecular complexity index is 632. The van der Waals surface area contributed by atoms with Crippen LogP contribution in [0.4, 0.5) is 11.4 Å². The quantitative estimate of drug-likeness (QED) is 0.758. The molecule has 1 aliphatic heterocycles. The number of ether oxygens (including phenoxy) is 1. The van der Waals surface area contributed by atoms with Crippen LogP contribution in [-0.4, -0.2) is 13.3 Å². The Hall–Kier alpha value is -2.55. The number of anilines is 1. The minimum Gasteiger partial charge on any atom is -0.439 e. The predicted octanol–water partition coefficient (Wildman–Crippen LogP) is 3.76. The highest BCUT2D eigenvalue weighted by molar-refractivity contribution is 5.78. The van der Waals surface area contributed by atoms with E-state index in [1.807, 2.05) is 72.6 Å². The molecule has 0 spiro atoms. The van der Waals surface area contributed by atoms with Crippen molar-refractivity contribution < 1.29 is 4.74 Å². The van der Waals surface area contributed by atoms with Crippen LogP contribution in [-0.2, 0) is 0 Å². The van der Waals surface area contributed by atoms with Gasteiger partial charge in [0.05, 0.1) is 11.4 Å². The number of aliphatic imine (C=N–C) groups is 1.